The number of rotatable bonds is 2. The lowest BCUT2D eigenvalue weighted by atomic mass is 10.00. The molecule has 6 heteroatoms. The highest BCUT2D eigenvalue weighted by molar-refractivity contribution is 14.0. The highest BCUT2D eigenvalue weighted by Crippen LogP contribution is 2.36. The maximum atomic E-state index is 6.22. The zero-order chi connectivity index (χ0) is 15.4. The molecule has 1 spiro atoms. The molecule has 0 bridgehead atoms. The first-order valence-electron chi connectivity index (χ1n) is 9.03. The van der Waals surface area contributed by atoms with Crippen LogP contribution in [0.25, 0.3) is 0 Å². The van der Waals surface area contributed by atoms with Crippen LogP contribution in [0.2, 0.25) is 0 Å². The van der Waals surface area contributed by atoms with Gasteiger partial charge >= 0.3 is 0 Å². The van der Waals surface area contributed by atoms with Crippen LogP contribution in [0.4, 0.5) is 0 Å². The molecule has 1 atom stereocenters. The summed E-state index contributed by atoms with van der Waals surface area (Å²) in [5.74, 6) is 1.18. The summed E-state index contributed by atoms with van der Waals surface area (Å²) in [5.41, 5.74) is 6.15. The normalized spacial score (nSPS) is 29.3. The zero-order valence-electron chi connectivity index (χ0n) is 14.3. The van der Waals surface area contributed by atoms with Crippen LogP contribution in [0.15, 0.2) is 4.99 Å². The molecular formula is C17H32IN3O2. The third kappa shape index (κ3) is 5.19. The number of hydrogen-bond acceptors (Lipinski definition) is 3. The van der Waals surface area contributed by atoms with Crippen molar-refractivity contribution in [3.05, 3.63) is 0 Å². The van der Waals surface area contributed by atoms with E-state index in [2.05, 4.69) is 16.8 Å². The van der Waals surface area contributed by atoms with Crippen LogP contribution in [0.5, 0.6) is 0 Å². The van der Waals surface area contributed by atoms with Crippen LogP contribution in [-0.4, -0.2) is 49.0 Å². The second-order valence-electron chi connectivity index (χ2n) is 7.24. The third-order valence-corrected chi connectivity index (χ3v) is 5.34. The first kappa shape index (κ1) is 19.2. The van der Waals surface area contributed by atoms with E-state index in [1.807, 2.05) is 0 Å². The van der Waals surface area contributed by atoms with Crippen LogP contribution in [0, 0.1) is 5.92 Å². The Hall–Kier alpha value is -0.0800. The van der Waals surface area contributed by atoms with E-state index in [1.165, 1.54) is 38.5 Å². The van der Waals surface area contributed by atoms with Crippen LogP contribution < -0.4 is 5.73 Å². The molecule has 23 heavy (non-hydrogen) atoms. The molecule has 3 fully saturated rings. The van der Waals surface area contributed by atoms with E-state index in [0.29, 0.717) is 19.1 Å². The monoisotopic (exact) mass is 437 g/mol. The Kier molecular flexibility index (Phi) is 7.41. The number of aliphatic imine (C=N–C) groups is 1. The van der Waals surface area contributed by atoms with Gasteiger partial charge in [0.15, 0.2) is 11.7 Å². The Morgan fingerprint density at radius 3 is 2.48 bits per heavy atom. The molecule has 1 saturated carbocycles. The van der Waals surface area contributed by atoms with Crippen molar-refractivity contribution in [3.8, 4) is 0 Å². The molecule has 0 aromatic heterocycles. The minimum atomic E-state index is -0.313. The number of piperidine rings is 1. The van der Waals surface area contributed by atoms with E-state index in [9.17, 15) is 0 Å². The topological polar surface area (TPSA) is 60.1 Å². The molecule has 0 aromatic carbocycles. The Labute approximate surface area is 157 Å². The highest BCUT2D eigenvalue weighted by Gasteiger charge is 2.41. The van der Waals surface area contributed by atoms with E-state index in [4.69, 9.17) is 15.2 Å². The number of nitrogens with zero attached hydrogens (tertiary/aromatic N) is 2. The molecule has 5 nitrogen and oxygen atoms in total. The van der Waals surface area contributed by atoms with Crippen LogP contribution in [-0.2, 0) is 9.47 Å². The van der Waals surface area contributed by atoms with Crippen molar-refractivity contribution >= 4 is 29.9 Å². The third-order valence-electron chi connectivity index (χ3n) is 5.34. The summed E-state index contributed by atoms with van der Waals surface area (Å²) in [7, 11) is 0. The fraction of sp³-hybridized carbons (Fsp3) is 0.941. The molecule has 2 heterocycles. The van der Waals surface area contributed by atoms with Gasteiger partial charge in [0.05, 0.1) is 13.2 Å². The van der Waals surface area contributed by atoms with Gasteiger partial charge in [-0.25, -0.2) is 0 Å². The van der Waals surface area contributed by atoms with Crippen molar-refractivity contribution in [2.24, 2.45) is 16.6 Å². The second kappa shape index (κ2) is 8.85. The smallest absolute Gasteiger partial charge is 0.191 e. The van der Waals surface area contributed by atoms with Gasteiger partial charge in [-0.05, 0) is 31.6 Å². The fourth-order valence-electron chi connectivity index (χ4n) is 3.77. The van der Waals surface area contributed by atoms with Crippen molar-refractivity contribution < 1.29 is 9.47 Å². The summed E-state index contributed by atoms with van der Waals surface area (Å²) in [6, 6.07) is 0. The number of likely N-dealkylation sites (tertiary alicyclic amines) is 1. The SMILES string of the molecule is CC1CCN(C(N)=NCC2COC3(CCCCCC3)O2)CC1.I. The van der Waals surface area contributed by atoms with E-state index in [0.717, 1.165) is 31.8 Å². The second-order valence-corrected chi connectivity index (χ2v) is 7.24. The molecule has 0 amide bonds. The molecule has 0 radical (unpaired) electrons. The molecule has 1 aliphatic carbocycles. The van der Waals surface area contributed by atoms with E-state index < -0.39 is 0 Å². The van der Waals surface area contributed by atoms with Gasteiger partial charge in [-0.3, -0.25) is 4.99 Å². The summed E-state index contributed by atoms with van der Waals surface area (Å²) in [5, 5.41) is 0. The van der Waals surface area contributed by atoms with Gasteiger partial charge in [0.2, 0.25) is 0 Å². The number of halogens is 1. The van der Waals surface area contributed by atoms with Crippen molar-refractivity contribution in [2.45, 2.75) is 70.2 Å². The summed E-state index contributed by atoms with van der Waals surface area (Å²) in [6.07, 6.45) is 9.59. The van der Waals surface area contributed by atoms with Crippen LogP contribution >= 0.6 is 24.0 Å². The lowest BCUT2D eigenvalue weighted by Crippen LogP contribution is -2.43. The molecule has 0 aromatic rings. The lowest BCUT2D eigenvalue weighted by Gasteiger charge is -2.31. The highest BCUT2D eigenvalue weighted by atomic mass is 127. The number of hydrogen-bond donors (Lipinski definition) is 1. The molecular weight excluding hydrogens is 405 g/mol. The van der Waals surface area contributed by atoms with Gasteiger partial charge in [0, 0.05) is 25.9 Å². The Morgan fingerprint density at radius 1 is 1.17 bits per heavy atom. The summed E-state index contributed by atoms with van der Waals surface area (Å²) in [6.45, 7) is 5.65. The molecule has 3 aliphatic rings. The van der Waals surface area contributed by atoms with Crippen molar-refractivity contribution in [2.75, 3.05) is 26.2 Å². The largest absolute Gasteiger partial charge is 0.370 e. The van der Waals surface area contributed by atoms with Gasteiger partial charge in [-0.2, -0.15) is 0 Å². The summed E-state index contributed by atoms with van der Waals surface area (Å²) < 4.78 is 12.2. The Balaban J connectivity index is 0.00000192. The van der Waals surface area contributed by atoms with E-state index in [1.54, 1.807) is 0 Å². The number of nitrogens with two attached hydrogens (primary N) is 1. The molecule has 2 N–H and O–H groups in total. The average Bonchev–Trinajstić information content (AvgIpc) is 2.77. The minimum Gasteiger partial charge on any atom is -0.370 e. The van der Waals surface area contributed by atoms with E-state index >= 15 is 0 Å². The molecule has 2 saturated heterocycles. The van der Waals surface area contributed by atoms with Gasteiger partial charge < -0.3 is 20.1 Å². The maximum Gasteiger partial charge on any atom is 0.191 e. The fourth-order valence-corrected chi connectivity index (χ4v) is 3.77. The van der Waals surface area contributed by atoms with Crippen molar-refractivity contribution in [1.82, 2.24) is 4.90 Å². The van der Waals surface area contributed by atoms with Crippen molar-refractivity contribution in [3.63, 3.8) is 0 Å². The molecule has 134 valence electrons. The average molecular weight is 437 g/mol. The Morgan fingerprint density at radius 2 is 1.83 bits per heavy atom. The molecule has 2 aliphatic heterocycles. The van der Waals surface area contributed by atoms with Gasteiger partial charge in [-0.15, -0.1) is 24.0 Å². The first-order chi connectivity index (χ1) is 10.7. The number of guanidine groups is 1. The quantitative estimate of drug-likeness (QED) is 0.410. The predicted octanol–water partition coefficient (Wildman–Crippen LogP) is 3.12. The number of ether oxygens (including phenoxy) is 2. The molecule has 1 unspecified atom stereocenters. The summed E-state index contributed by atoms with van der Waals surface area (Å²) >= 11 is 0. The van der Waals surface area contributed by atoms with Crippen LogP contribution in [0.3, 0.4) is 0 Å². The first-order valence-corrected chi connectivity index (χ1v) is 9.03. The standard InChI is InChI=1S/C17H31N3O2.HI/c1-14-6-10-20(11-7-14)16(18)19-12-15-13-21-17(22-15)8-4-2-3-5-9-17;/h14-15H,2-13H2,1H3,(H2,18,19);1H. The predicted molar refractivity (Wildman–Crippen MR) is 103 cm³/mol. The summed E-state index contributed by atoms with van der Waals surface area (Å²) in [4.78, 5) is 6.78. The lowest BCUT2D eigenvalue weighted by molar-refractivity contribution is -0.174. The van der Waals surface area contributed by atoms with Crippen LogP contribution in [0.1, 0.15) is 58.3 Å². The van der Waals surface area contributed by atoms with E-state index in [-0.39, 0.29) is 35.9 Å². The molecule has 3 rings (SSSR count). The van der Waals surface area contributed by atoms with Gasteiger partial charge in [-0.1, -0.05) is 19.8 Å². The zero-order valence-corrected chi connectivity index (χ0v) is 16.7. The minimum absolute atomic E-state index is 0. The van der Waals surface area contributed by atoms with Gasteiger partial charge in [0.1, 0.15) is 6.10 Å². The maximum absolute atomic E-state index is 6.22. The van der Waals surface area contributed by atoms with Gasteiger partial charge in [0.25, 0.3) is 0 Å². The Bertz CT molecular complexity index is 389. The van der Waals surface area contributed by atoms with Crippen molar-refractivity contribution in [1.29, 1.82) is 0 Å².